The maximum Gasteiger partial charge on any atom is 0.387 e. The van der Waals surface area contributed by atoms with E-state index in [-0.39, 0.29) is 24.5 Å². The first kappa shape index (κ1) is 14.9. The van der Waals surface area contributed by atoms with Crippen molar-refractivity contribution in [1.29, 1.82) is 0 Å². The number of para-hydroxylation sites is 2. The molecule has 112 valence electrons. The summed E-state index contributed by atoms with van der Waals surface area (Å²) >= 11 is 0. The topological polar surface area (TPSA) is 95.1 Å². The Bertz CT molecular complexity index is 617. The van der Waals surface area contributed by atoms with E-state index >= 15 is 0 Å². The maximum absolute atomic E-state index is 12.3. The second-order valence-electron chi connectivity index (χ2n) is 4.03. The van der Waals surface area contributed by atoms with Gasteiger partial charge in [-0.25, -0.2) is 4.68 Å². The second-order valence-corrected chi connectivity index (χ2v) is 4.03. The minimum Gasteiger partial charge on any atom is -0.433 e. The van der Waals surface area contributed by atoms with Gasteiger partial charge in [0.25, 0.3) is 0 Å². The molecule has 21 heavy (non-hydrogen) atoms. The van der Waals surface area contributed by atoms with Crippen molar-refractivity contribution in [2.45, 2.75) is 19.7 Å². The number of ether oxygens (including phenoxy) is 1. The van der Waals surface area contributed by atoms with E-state index in [0.29, 0.717) is 5.69 Å². The molecule has 1 aromatic heterocycles. The summed E-state index contributed by atoms with van der Waals surface area (Å²) in [6.45, 7) is -2.87. The maximum atomic E-state index is 12.3. The van der Waals surface area contributed by atoms with Crippen LogP contribution in [0.25, 0.3) is 0 Å². The first-order chi connectivity index (χ1) is 10.1. The number of alkyl halides is 2. The highest BCUT2D eigenvalue weighted by atomic mass is 19.3. The SMILES string of the molecule is NCc1cn(CC(=O)Nc2ccccc2OC(F)F)nn1. The normalized spacial score (nSPS) is 10.7. The molecular formula is C12H13F2N5O2. The van der Waals surface area contributed by atoms with Crippen LogP contribution < -0.4 is 15.8 Å². The Morgan fingerprint density at radius 3 is 2.86 bits per heavy atom. The van der Waals surface area contributed by atoms with Gasteiger partial charge in [0.05, 0.1) is 17.6 Å². The fourth-order valence-electron chi connectivity index (χ4n) is 1.61. The van der Waals surface area contributed by atoms with Crippen LogP contribution in [0.2, 0.25) is 0 Å². The van der Waals surface area contributed by atoms with Gasteiger partial charge in [-0.05, 0) is 12.1 Å². The monoisotopic (exact) mass is 297 g/mol. The van der Waals surface area contributed by atoms with Crippen LogP contribution in [0.3, 0.4) is 0 Å². The lowest BCUT2D eigenvalue weighted by Crippen LogP contribution is -2.20. The molecule has 0 aliphatic carbocycles. The van der Waals surface area contributed by atoms with Crippen LogP contribution in [0, 0.1) is 0 Å². The molecule has 2 aromatic rings. The van der Waals surface area contributed by atoms with Crippen molar-refractivity contribution in [1.82, 2.24) is 15.0 Å². The molecule has 0 saturated carbocycles. The Balaban J connectivity index is 2.02. The van der Waals surface area contributed by atoms with Gasteiger partial charge in [0.15, 0.2) is 0 Å². The highest BCUT2D eigenvalue weighted by molar-refractivity contribution is 5.92. The number of aromatic nitrogens is 3. The van der Waals surface area contributed by atoms with E-state index in [4.69, 9.17) is 5.73 Å². The van der Waals surface area contributed by atoms with Crippen molar-refractivity contribution < 1.29 is 18.3 Å². The number of hydrogen-bond donors (Lipinski definition) is 2. The number of rotatable bonds is 6. The average Bonchev–Trinajstić information content (AvgIpc) is 2.88. The summed E-state index contributed by atoms with van der Waals surface area (Å²) in [6, 6.07) is 5.92. The van der Waals surface area contributed by atoms with E-state index in [2.05, 4.69) is 20.4 Å². The number of nitrogens with one attached hydrogen (secondary N) is 1. The zero-order valence-electron chi connectivity index (χ0n) is 10.9. The Kier molecular flexibility index (Phi) is 4.77. The van der Waals surface area contributed by atoms with Gasteiger partial charge in [0, 0.05) is 6.54 Å². The molecule has 1 heterocycles. The van der Waals surface area contributed by atoms with E-state index in [1.165, 1.54) is 29.1 Å². The van der Waals surface area contributed by atoms with Crippen LogP contribution in [0.5, 0.6) is 5.75 Å². The molecule has 0 unspecified atom stereocenters. The molecule has 2 rings (SSSR count). The predicted octanol–water partition coefficient (Wildman–Crippen LogP) is 0.977. The van der Waals surface area contributed by atoms with Gasteiger partial charge in [-0.1, -0.05) is 17.3 Å². The standard InChI is InChI=1S/C12H13F2N5O2/c13-12(14)21-10-4-2-1-3-9(10)16-11(20)7-19-6-8(5-15)17-18-19/h1-4,6,12H,5,7,15H2,(H,16,20). The fraction of sp³-hybridized carbons (Fsp3) is 0.250. The van der Waals surface area contributed by atoms with Crippen molar-refractivity contribution in [3.8, 4) is 5.75 Å². The van der Waals surface area contributed by atoms with Crippen LogP contribution in [-0.2, 0) is 17.9 Å². The Morgan fingerprint density at radius 2 is 2.19 bits per heavy atom. The number of anilines is 1. The van der Waals surface area contributed by atoms with Gasteiger partial charge < -0.3 is 15.8 Å². The molecule has 0 fully saturated rings. The predicted molar refractivity (Wildman–Crippen MR) is 69.6 cm³/mol. The third kappa shape index (κ3) is 4.21. The van der Waals surface area contributed by atoms with Gasteiger partial charge in [-0.2, -0.15) is 8.78 Å². The van der Waals surface area contributed by atoms with Crippen molar-refractivity contribution >= 4 is 11.6 Å². The molecule has 0 aliphatic heterocycles. The molecule has 0 atom stereocenters. The molecular weight excluding hydrogens is 284 g/mol. The van der Waals surface area contributed by atoms with E-state index in [9.17, 15) is 13.6 Å². The second kappa shape index (κ2) is 6.75. The number of benzene rings is 1. The summed E-state index contributed by atoms with van der Waals surface area (Å²) < 4.78 is 30.1. The van der Waals surface area contributed by atoms with Crippen molar-refractivity contribution in [3.05, 3.63) is 36.2 Å². The van der Waals surface area contributed by atoms with Gasteiger partial charge in [0.1, 0.15) is 12.3 Å². The fourth-order valence-corrected chi connectivity index (χ4v) is 1.61. The third-order valence-electron chi connectivity index (χ3n) is 2.48. The molecule has 1 aromatic carbocycles. The Morgan fingerprint density at radius 1 is 1.43 bits per heavy atom. The number of hydrogen-bond acceptors (Lipinski definition) is 5. The molecule has 0 spiro atoms. The Labute approximate surface area is 118 Å². The largest absolute Gasteiger partial charge is 0.433 e. The number of amides is 1. The number of carbonyl (C=O) groups is 1. The van der Waals surface area contributed by atoms with Crippen molar-refractivity contribution in [2.75, 3.05) is 5.32 Å². The number of nitrogens with two attached hydrogens (primary N) is 1. The first-order valence-corrected chi connectivity index (χ1v) is 6.01. The summed E-state index contributed by atoms with van der Waals surface area (Å²) in [4.78, 5) is 11.8. The summed E-state index contributed by atoms with van der Waals surface area (Å²) in [5.41, 5.74) is 6.08. The van der Waals surface area contributed by atoms with Crippen molar-refractivity contribution in [2.24, 2.45) is 5.73 Å². The summed E-state index contributed by atoms with van der Waals surface area (Å²) in [6.07, 6.45) is 1.53. The Hall–Kier alpha value is -2.55. The highest BCUT2D eigenvalue weighted by Crippen LogP contribution is 2.25. The summed E-state index contributed by atoms with van der Waals surface area (Å²) in [5, 5.41) is 9.92. The first-order valence-electron chi connectivity index (χ1n) is 6.01. The lowest BCUT2D eigenvalue weighted by Gasteiger charge is -2.11. The van der Waals surface area contributed by atoms with E-state index in [0.717, 1.165) is 0 Å². The smallest absolute Gasteiger partial charge is 0.387 e. The molecule has 0 radical (unpaired) electrons. The minimum atomic E-state index is -2.97. The van der Waals surface area contributed by atoms with Crippen LogP contribution in [0.4, 0.5) is 14.5 Å². The quantitative estimate of drug-likeness (QED) is 0.828. The van der Waals surface area contributed by atoms with E-state index < -0.39 is 12.5 Å². The summed E-state index contributed by atoms with van der Waals surface area (Å²) in [7, 11) is 0. The van der Waals surface area contributed by atoms with Gasteiger partial charge >= 0.3 is 6.61 Å². The van der Waals surface area contributed by atoms with Crippen LogP contribution >= 0.6 is 0 Å². The number of nitrogens with zero attached hydrogens (tertiary/aromatic N) is 3. The molecule has 0 bridgehead atoms. The highest BCUT2D eigenvalue weighted by Gasteiger charge is 2.12. The van der Waals surface area contributed by atoms with Gasteiger partial charge in [0.2, 0.25) is 5.91 Å². The minimum absolute atomic E-state index is 0.109. The van der Waals surface area contributed by atoms with Crippen LogP contribution in [0.1, 0.15) is 5.69 Å². The molecule has 0 saturated heterocycles. The summed E-state index contributed by atoms with van der Waals surface area (Å²) in [5.74, 6) is -0.559. The zero-order chi connectivity index (χ0) is 15.2. The molecule has 1 amide bonds. The average molecular weight is 297 g/mol. The van der Waals surface area contributed by atoms with E-state index in [1.54, 1.807) is 6.07 Å². The molecule has 3 N–H and O–H groups in total. The van der Waals surface area contributed by atoms with Crippen LogP contribution in [-0.4, -0.2) is 27.5 Å². The van der Waals surface area contributed by atoms with Gasteiger partial charge in [-0.3, -0.25) is 4.79 Å². The van der Waals surface area contributed by atoms with Gasteiger partial charge in [-0.15, -0.1) is 5.10 Å². The number of halogens is 2. The molecule has 0 aliphatic rings. The molecule has 7 nitrogen and oxygen atoms in total. The van der Waals surface area contributed by atoms with E-state index in [1.807, 2.05) is 0 Å². The lowest BCUT2D eigenvalue weighted by atomic mass is 10.3. The molecule has 9 heteroatoms. The number of carbonyl (C=O) groups excluding carboxylic acids is 1. The van der Waals surface area contributed by atoms with Crippen molar-refractivity contribution in [3.63, 3.8) is 0 Å². The van der Waals surface area contributed by atoms with Crippen LogP contribution in [0.15, 0.2) is 30.5 Å². The lowest BCUT2D eigenvalue weighted by molar-refractivity contribution is -0.117. The third-order valence-corrected chi connectivity index (χ3v) is 2.48. The zero-order valence-corrected chi connectivity index (χ0v) is 10.9.